The molecule has 3 nitrogen and oxygen atoms in total. The molecular formula is C10H17N3. The maximum Gasteiger partial charge on any atom is 0.0887 e. The number of hydrogen-bond donors (Lipinski definition) is 0. The number of nitrogens with zero attached hydrogens (tertiary/aromatic N) is 3. The van der Waals surface area contributed by atoms with E-state index in [-0.39, 0.29) is 0 Å². The van der Waals surface area contributed by atoms with E-state index >= 15 is 0 Å². The van der Waals surface area contributed by atoms with E-state index in [9.17, 15) is 0 Å². The zero-order valence-electron chi connectivity index (χ0n) is 8.78. The van der Waals surface area contributed by atoms with Gasteiger partial charge in [0, 0.05) is 5.92 Å². The molecule has 1 aliphatic rings. The molecule has 1 aliphatic heterocycles. The summed E-state index contributed by atoms with van der Waals surface area (Å²) in [4.78, 5) is 0. The fourth-order valence-electron chi connectivity index (χ4n) is 2.25. The summed E-state index contributed by atoms with van der Waals surface area (Å²) in [6.07, 6.45) is 1.21. The largest absolute Gasteiger partial charge is 0.246 e. The van der Waals surface area contributed by atoms with E-state index in [0.717, 1.165) is 0 Å². The second-order valence-corrected chi connectivity index (χ2v) is 4.44. The fraction of sp³-hybridized carbons (Fsp3) is 0.800. The summed E-state index contributed by atoms with van der Waals surface area (Å²) >= 11 is 0. The van der Waals surface area contributed by atoms with E-state index < -0.39 is 0 Å². The third-order valence-corrected chi connectivity index (χ3v) is 2.88. The number of hydrogen-bond acceptors (Lipinski definition) is 2. The van der Waals surface area contributed by atoms with Crippen LogP contribution >= 0.6 is 0 Å². The Kier molecular flexibility index (Phi) is 1.90. The minimum absolute atomic E-state index is 0.497. The highest BCUT2D eigenvalue weighted by atomic mass is 15.5. The van der Waals surface area contributed by atoms with Gasteiger partial charge in [0.1, 0.15) is 0 Å². The zero-order valence-corrected chi connectivity index (χ0v) is 8.78. The molecule has 72 valence electrons. The van der Waals surface area contributed by atoms with Gasteiger partial charge in [-0.25, -0.2) is 4.68 Å². The molecule has 3 heteroatoms. The molecule has 13 heavy (non-hydrogen) atoms. The molecule has 2 heterocycles. The van der Waals surface area contributed by atoms with Crippen LogP contribution in [0.4, 0.5) is 0 Å². The quantitative estimate of drug-likeness (QED) is 0.663. The second kappa shape index (κ2) is 2.82. The molecule has 0 aliphatic carbocycles. The van der Waals surface area contributed by atoms with Crippen LogP contribution in [0, 0.1) is 0 Å². The Bertz CT molecular complexity index is 314. The number of rotatable bonds is 1. The topological polar surface area (TPSA) is 30.7 Å². The Labute approximate surface area is 79.1 Å². The third kappa shape index (κ3) is 1.18. The van der Waals surface area contributed by atoms with Crippen molar-refractivity contribution in [1.29, 1.82) is 0 Å². The van der Waals surface area contributed by atoms with Crippen molar-refractivity contribution in [2.24, 2.45) is 0 Å². The first-order valence-electron chi connectivity index (χ1n) is 5.06. The van der Waals surface area contributed by atoms with Gasteiger partial charge >= 0.3 is 0 Å². The monoisotopic (exact) mass is 179 g/mol. The Balaban J connectivity index is 2.48. The SMILES string of the molecule is CC(C)c1nnn2c1[C@H](C)C[C@@H]2C. The minimum Gasteiger partial charge on any atom is -0.246 e. The molecule has 1 aromatic heterocycles. The maximum atomic E-state index is 4.25. The predicted molar refractivity (Wildman–Crippen MR) is 51.9 cm³/mol. The molecule has 0 N–H and O–H groups in total. The summed E-state index contributed by atoms with van der Waals surface area (Å²) in [6.45, 7) is 8.84. The van der Waals surface area contributed by atoms with Crippen LogP contribution in [0.3, 0.4) is 0 Å². The van der Waals surface area contributed by atoms with Crippen molar-refractivity contribution in [3.8, 4) is 0 Å². The first kappa shape index (κ1) is 8.73. The van der Waals surface area contributed by atoms with Gasteiger partial charge in [0.2, 0.25) is 0 Å². The predicted octanol–water partition coefficient (Wildman–Crippen LogP) is 2.47. The summed E-state index contributed by atoms with van der Waals surface area (Å²) in [5.74, 6) is 1.12. The molecule has 0 radical (unpaired) electrons. The molecule has 0 saturated carbocycles. The Hall–Kier alpha value is -0.860. The standard InChI is InChI=1S/C10H17N3/c1-6(2)9-10-7(3)5-8(4)13(10)12-11-9/h6-8H,5H2,1-4H3/t7-,8+/m1/s1. The normalized spacial score (nSPS) is 26.8. The van der Waals surface area contributed by atoms with Gasteiger partial charge in [0.25, 0.3) is 0 Å². The molecule has 0 amide bonds. The van der Waals surface area contributed by atoms with Gasteiger partial charge < -0.3 is 0 Å². The van der Waals surface area contributed by atoms with E-state index in [0.29, 0.717) is 17.9 Å². The molecule has 0 aromatic carbocycles. The van der Waals surface area contributed by atoms with E-state index in [1.807, 2.05) is 0 Å². The molecule has 1 aromatic rings. The van der Waals surface area contributed by atoms with Gasteiger partial charge in [-0.3, -0.25) is 0 Å². The lowest BCUT2D eigenvalue weighted by Crippen LogP contribution is -2.00. The van der Waals surface area contributed by atoms with Crippen molar-refractivity contribution in [3.63, 3.8) is 0 Å². The number of aromatic nitrogens is 3. The van der Waals surface area contributed by atoms with E-state index in [1.54, 1.807) is 0 Å². The average molecular weight is 179 g/mol. The van der Waals surface area contributed by atoms with Crippen LogP contribution in [0.5, 0.6) is 0 Å². The minimum atomic E-state index is 0.497. The summed E-state index contributed by atoms with van der Waals surface area (Å²) in [5, 5.41) is 8.47. The second-order valence-electron chi connectivity index (χ2n) is 4.44. The van der Waals surface area contributed by atoms with Gasteiger partial charge in [-0.15, -0.1) is 5.10 Å². The molecule has 0 fully saturated rings. The molecule has 0 spiro atoms. The highest BCUT2D eigenvalue weighted by Gasteiger charge is 2.30. The highest BCUT2D eigenvalue weighted by molar-refractivity contribution is 5.22. The van der Waals surface area contributed by atoms with Gasteiger partial charge in [-0.1, -0.05) is 26.0 Å². The van der Waals surface area contributed by atoms with Crippen molar-refractivity contribution < 1.29 is 0 Å². The Morgan fingerprint density at radius 3 is 2.69 bits per heavy atom. The average Bonchev–Trinajstić information content (AvgIpc) is 2.55. The van der Waals surface area contributed by atoms with Crippen molar-refractivity contribution >= 4 is 0 Å². The lowest BCUT2D eigenvalue weighted by atomic mass is 9.99. The van der Waals surface area contributed by atoms with E-state index in [2.05, 4.69) is 42.7 Å². The van der Waals surface area contributed by atoms with Crippen LogP contribution in [0.2, 0.25) is 0 Å². The first-order valence-corrected chi connectivity index (χ1v) is 5.06. The van der Waals surface area contributed by atoms with Gasteiger partial charge in [0.15, 0.2) is 0 Å². The van der Waals surface area contributed by atoms with Crippen LogP contribution < -0.4 is 0 Å². The lowest BCUT2D eigenvalue weighted by Gasteiger charge is -2.05. The van der Waals surface area contributed by atoms with Crippen LogP contribution in [0.1, 0.15) is 63.4 Å². The lowest BCUT2D eigenvalue weighted by molar-refractivity contribution is 0.493. The summed E-state index contributed by atoms with van der Waals surface area (Å²) in [5.41, 5.74) is 2.55. The van der Waals surface area contributed by atoms with E-state index in [4.69, 9.17) is 0 Å². The summed E-state index contributed by atoms with van der Waals surface area (Å²) in [6, 6.07) is 0.532. The van der Waals surface area contributed by atoms with Crippen LogP contribution in [-0.2, 0) is 0 Å². The highest BCUT2D eigenvalue weighted by Crippen LogP contribution is 2.37. The summed E-state index contributed by atoms with van der Waals surface area (Å²) < 4.78 is 2.10. The van der Waals surface area contributed by atoms with Gasteiger partial charge in [-0.2, -0.15) is 0 Å². The van der Waals surface area contributed by atoms with Gasteiger partial charge in [0.05, 0.1) is 17.4 Å². The van der Waals surface area contributed by atoms with Crippen LogP contribution in [0.15, 0.2) is 0 Å². The fourth-order valence-corrected chi connectivity index (χ4v) is 2.25. The first-order chi connectivity index (χ1) is 6.11. The Morgan fingerprint density at radius 1 is 1.38 bits per heavy atom. The maximum absolute atomic E-state index is 4.25. The summed E-state index contributed by atoms with van der Waals surface area (Å²) in [7, 11) is 0. The molecule has 0 bridgehead atoms. The van der Waals surface area contributed by atoms with Crippen LogP contribution in [-0.4, -0.2) is 15.0 Å². The number of fused-ring (bicyclic) bond motifs is 1. The van der Waals surface area contributed by atoms with Crippen LogP contribution in [0.25, 0.3) is 0 Å². The Morgan fingerprint density at radius 2 is 2.08 bits per heavy atom. The molecule has 2 atom stereocenters. The molecule has 0 saturated heterocycles. The van der Waals surface area contributed by atoms with Crippen molar-refractivity contribution in [2.45, 2.75) is 52.0 Å². The molecule has 2 rings (SSSR count). The zero-order chi connectivity index (χ0) is 9.59. The van der Waals surface area contributed by atoms with Gasteiger partial charge in [-0.05, 0) is 19.3 Å². The molecule has 0 unspecified atom stereocenters. The smallest absolute Gasteiger partial charge is 0.0887 e. The molecular weight excluding hydrogens is 162 g/mol. The van der Waals surface area contributed by atoms with Crippen molar-refractivity contribution in [1.82, 2.24) is 15.0 Å². The van der Waals surface area contributed by atoms with E-state index in [1.165, 1.54) is 17.8 Å². The van der Waals surface area contributed by atoms with Crippen molar-refractivity contribution in [2.75, 3.05) is 0 Å². The van der Waals surface area contributed by atoms with Crippen molar-refractivity contribution in [3.05, 3.63) is 11.4 Å². The third-order valence-electron chi connectivity index (χ3n) is 2.88.